The third kappa shape index (κ3) is 7.83. The van der Waals surface area contributed by atoms with Crippen LogP contribution in [0.1, 0.15) is 50.5 Å². The molecular formula is C19H28N2O4. The highest BCUT2D eigenvalue weighted by Crippen LogP contribution is 2.22. The molecule has 0 aliphatic heterocycles. The Morgan fingerprint density at radius 3 is 2.16 bits per heavy atom. The summed E-state index contributed by atoms with van der Waals surface area (Å²) in [6, 6.07) is 7.24. The number of rotatable bonds is 7. The fourth-order valence-electron chi connectivity index (χ4n) is 1.94. The number of benzene rings is 1. The van der Waals surface area contributed by atoms with Crippen molar-refractivity contribution in [2.45, 2.75) is 40.0 Å². The van der Waals surface area contributed by atoms with Crippen LogP contribution < -0.4 is 10.6 Å². The van der Waals surface area contributed by atoms with E-state index in [1.165, 1.54) is 0 Å². The zero-order chi connectivity index (χ0) is 19.0. The van der Waals surface area contributed by atoms with Gasteiger partial charge in [0.25, 0.3) is 11.8 Å². The lowest BCUT2D eigenvalue weighted by atomic mass is 9.87. The molecule has 0 radical (unpaired) electrons. The Kier molecular flexibility index (Phi) is 7.61. The van der Waals surface area contributed by atoms with Crippen molar-refractivity contribution in [3.8, 4) is 0 Å². The summed E-state index contributed by atoms with van der Waals surface area (Å²) < 4.78 is 4.82. The van der Waals surface area contributed by atoms with Crippen molar-refractivity contribution in [1.82, 2.24) is 10.6 Å². The standard InChI is InChI=1S/C19H28N2O4/c1-13(2)10-20-16(22)12-25-17(23)11-21-18(24)14-6-8-15(9-7-14)19(3,4)5/h6-9,13H,10-12H2,1-5H3,(H,20,22)(H,21,24). The molecule has 138 valence electrons. The molecule has 0 aliphatic rings. The Morgan fingerprint density at radius 1 is 1.04 bits per heavy atom. The van der Waals surface area contributed by atoms with Crippen molar-refractivity contribution in [3.05, 3.63) is 35.4 Å². The SMILES string of the molecule is CC(C)CNC(=O)COC(=O)CNC(=O)c1ccc(C(C)(C)C)cc1. The van der Waals surface area contributed by atoms with Gasteiger partial charge in [0.2, 0.25) is 0 Å². The van der Waals surface area contributed by atoms with Crippen LogP contribution >= 0.6 is 0 Å². The van der Waals surface area contributed by atoms with Gasteiger partial charge in [0.1, 0.15) is 6.54 Å². The maximum Gasteiger partial charge on any atom is 0.325 e. The molecular weight excluding hydrogens is 320 g/mol. The normalized spacial score (nSPS) is 11.1. The zero-order valence-corrected chi connectivity index (χ0v) is 15.6. The van der Waals surface area contributed by atoms with Gasteiger partial charge < -0.3 is 15.4 Å². The molecule has 0 bridgehead atoms. The second-order valence-corrected chi connectivity index (χ2v) is 7.37. The maximum absolute atomic E-state index is 12.0. The monoisotopic (exact) mass is 348 g/mol. The van der Waals surface area contributed by atoms with E-state index in [9.17, 15) is 14.4 Å². The third-order valence-electron chi connectivity index (χ3n) is 3.48. The molecule has 0 spiro atoms. The van der Waals surface area contributed by atoms with Crippen LogP contribution in [0, 0.1) is 5.92 Å². The lowest BCUT2D eigenvalue weighted by molar-refractivity contribution is -0.147. The molecule has 0 unspecified atom stereocenters. The molecule has 0 aliphatic carbocycles. The fraction of sp³-hybridized carbons (Fsp3) is 0.526. The van der Waals surface area contributed by atoms with E-state index in [2.05, 4.69) is 31.4 Å². The van der Waals surface area contributed by atoms with Crippen molar-refractivity contribution in [1.29, 1.82) is 0 Å². The molecule has 25 heavy (non-hydrogen) atoms. The number of ether oxygens (including phenoxy) is 1. The largest absolute Gasteiger partial charge is 0.454 e. The topological polar surface area (TPSA) is 84.5 Å². The number of carbonyl (C=O) groups is 3. The molecule has 0 heterocycles. The minimum absolute atomic E-state index is 0.00888. The number of carbonyl (C=O) groups excluding carboxylic acids is 3. The molecule has 2 N–H and O–H groups in total. The highest BCUT2D eigenvalue weighted by Gasteiger charge is 2.15. The smallest absolute Gasteiger partial charge is 0.325 e. The van der Waals surface area contributed by atoms with Gasteiger partial charge in [-0.1, -0.05) is 46.8 Å². The van der Waals surface area contributed by atoms with Crippen molar-refractivity contribution < 1.29 is 19.1 Å². The van der Waals surface area contributed by atoms with Gasteiger partial charge in [0.05, 0.1) is 0 Å². The second-order valence-electron chi connectivity index (χ2n) is 7.37. The van der Waals surface area contributed by atoms with Crippen LogP contribution in [0.3, 0.4) is 0 Å². The molecule has 1 aromatic carbocycles. The number of esters is 1. The quantitative estimate of drug-likeness (QED) is 0.739. The van der Waals surface area contributed by atoms with Crippen molar-refractivity contribution in [2.75, 3.05) is 19.7 Å². The first-order chi connectivity index (χ1) is 11.6. The highest BCUT2D eigenvalue weighted by atomic mass is 16.5. The predicted octanol–water partition coefficient (Wildman–Crippen LogP) is 2.03. The molecule has 1 rings (SSSR count). The van der Waals surface area contributed by atoms with E-state index in [0.717, 1.165) is 5.56 Å². The molecule has 0 fully saturated rings. The van der Waals surface area contributed by atoms with Crippen molar-refractivity contribution in [2.24, 2.45) is 5.92 Å². The van der Waals surface area contributed by atoms with Crippen LogP contribution in [0.25, 0.3) is 0 Å². The van der Waals surface area contributed by atoms with Gasteiger partial charge in [0.15, 0.2) is 6.61 Å². The van der Waals surface area contributed by atoms with Gasteiger partial charge in [0, 0.05) is 12.1 Å². The molecule has 0 aromatic heterocycles. The van der Waals surface area contributed by atoms with E-state index in [0.29, 0.717) is 18.0 Å². The fourth-order valence-corrected chi connectivity index (χ4v) is 1.94. The molecule has 0 atom stereocenters. The maximum atomic E-state index is 12.0. The van der Waals surface area contributed by atoms with Crippen LogP contribution in [0.2, 0.25) is 0 Å². The minimum Gasteiger partial charge on any atom is -0.454 e. The molecule has 0 saturated heterocycles. The summed E-state index contributed by atoms with van der Waals surface area (Å²) in [5.74, 6) is -1.05. The van der Waals surface area contributed by atoms with E-state index in [1.807, 2.05) is 26.0 Å². The van der Waals surface area contributed by atoms with E-state index >= 15 is 0 Å². The van der Waals surface area contributed by atoms with Crippen molar-refractivity contribution >= 4 is 17.8 Å². The zero-order valence-electron chi connectivity index (χ0n) is 15.6. The van der Waals surface area contributed by atoms with Crippen LogP contribution in [0.4, 0.5) is 0 Å². The van der Waals surface area contributed by atoms with E-state index in [1.54, 1.807) is 12.1 Å². The summed E-state index contributed by atoms with van der Waals surface area (Å²) >= 11 is 0. The molecule has 0 saturated carbocycles. The summed E-state index contributed by atoms with van der Waals surface area (Å²) in [5, 5.41) is 5.13. The number of nitrogens with one attached hydrogen (secondary N) is 2. The number of hydrogen-bond acceptors (Lipinski definition) is 4. The van der Waals surface area contributed by atoms with E-state index < -0.39 is 5.97 Å². The Bertz CT molecular complexity index is 601. The van der Waals surface area contributed by atoms with E-state index in [4.69, 9.17) is 4.74 Å². The predicted molar refractivity (Wildman–Crippen MR) is 96.3 cm³/mol. The Labute approximate surface area is 149 Å². The number of amides is 2. The van der Waals surface area contributed by atoms with Crippen LogP contribution in [0.15, 0.2) is 24.3 Å². The highest BCUT2D eigenvalue weighted by molar-refractivity contribution is 5.96. The number of hydrogen-bond donors (Lipinski definition) is 2. The van der Waals surface area contributed by atoms with E-state index in [-0.39, 0.29) is 30.4 Å². The third-order valence-corrected chi connectivity index (χ3v) is 3.48. The minimum atomic E-state index is -0.653. The Balaban J connectivity index is 2.38. The first-order valence-electron chi connectivity index (χ1n) is 8.40. The van der Waals surface area contributed by atoms with Gasteiger partial charge in [-0.15, -0.1) is 0 Å². The summed E-state index contributed by atoms with van der Waals surface area (Å²) in [7, 11) is 0. The van der Waals surface area contributed by atoms with Gasteiger partial charge in [-0.05, 0) is 29.0 Å². The molecule has 2 amide bonds. The van der Waals surface area contributed by atoms with Gasteiger partial charge in [-0.3, -0.25) is 14.4 Å². The average molecular weight is 348 g/mol. The molecule has 6 heteroatoms. The lowest BCUT2D eigenvalue weighted by Crippen LogP contribution is -2.35. The van der Waals surface area contributed by atoms with Crippen LogP contribution in [-0.2, 0) is 19.7 Å². The average Bonchev–Trinajstić information content (AvgIpc) is 2.55. The second kappa shape index (κ2) is 9.20. The van der Waals surface area contributed by atoms with Gasteiger partial charge >= 0.3 is 5.97 Å². The molecule has 6 nitrogen and oxygen atoms in total. The summed E-state index contributed by atoms with van der Waals surface area (Å²) in [5.41, 5.74) is 1.60. The Hall–Kier alpha value is -2.37. The lowest BCUT2D eigenvalue weighted by Gasteiger charge is -2.19. The van der Waals surface area contributed by atoms with Crippen LogP contribution in [-0.4, -0.2) is 37.5 Å². The van der Waals surface area contributed by atoms with Crippen molar-refractivity contribution in [3.63, 3.8) is 0 Å². The summed E-state index contributed by atoms with van der Waals surface area (Å²) in [6.45, 7) is 10.1. The first kappa shape index (κ1) is 20.7. The van der Waals surface area contributed by atoms with Gasteiger partial charge in [-0.2, -0.15) is 0 Å². The molecule has 1 aromatic rings. The van der Waals surface area contributed by atoms with Gasteiger partial charge in [-0.25, -0.2) is 0 Å². The first-order valence-corrected chi connectivity index (χ1v) is 8.40. The summed E-state index contributed by atoms with van der Waals surface area (Å²) in [6.07, 6.45) is 0. The summed E-state index contributed by atoms with van der Waals surface area (Å²) in [4.78, 5) is 35.1. The Morgan fingerprint density at radius 2 is 1.64 bits per heavy atom. The van der Waals surface area contributed by atoms with Crippen LogP contribution in [0.5, 0.6) is 0 Å².